The van der Waals surface area contributed by atoms with Crippen LogP contribution in [0.25, 0.3) is 0 Å². The van der Waals surface area contributed by atoms with Crippen molar-refractivity contribution in [1.29, 1.82) is 0 Å². The summed E-state index contributed by atoms with van der Waals surface area (Å²) in [6.07, 6.45) is 4.07. The van der Waals surface area contributed by atoms with Gasteiger partial charge in [0.1, 0.15) is 0 Å². The molecule has 12 heavy (non-hydrogen) atoms. The van der Waals surface area contributed by atoms with Crippen LogP contribution < -0.4 is 5.73 Å². The molecule has 2 nitrogen and oxygen atoms in total. The Morgan fingerprint density at radius 3 is 2.25 bits per heavy atom. The fourth-order valence-corrected chi connectivity index (χ4v) is 0.998. The second kappa shape index (κ2) is 11.1. The number of unbranched alkanes of at least 4 members (excludes halogenated alkanes) is 1. The Bertz CT molecular complexity index is 109. The van der Waals surface area contributed by atoms with Crippen LogP contribution in [0.3, 0.4) is 0 Å². The van der Waals surface area contributed by atoms with Gasteiger partial charge in [-0.2, -0.15) is 0 Å². The first-order valence-corrected chi connectivity index (χ1v) is 3.95. The standard InChI is InChI=1S/C8H17NO.2ClH/c1-3-4-5-7(2)6-8(9)10;;/h7H,3-6H2,1-2H3,(H2,9,10);2*1H. The second-order valence-corrected chi connectivity index (χ2v) is 2.92. The number of carbonyl (C=O) groups is 1. The smallest absolute Gasteiger partial charge is 0.217 e. The van der Waals surface area contributed by atoms with Crippen LogP contribution in [0.4, 0.5) is 0 Å². The molecule has 0 saturated carbocycles. The predicted molar refractivity (Wildman–Crippen MR) is 57.0 cm³/mol. The van der Waals surface area contributed by atoms with Crippen LogP contribution in [0.5, 0.6) is 0 Å². The van der Waals surface area contributed by atoms with E-state index in [1.807, 2.05) is 0 Å². The lowest BCUT2D eigenvalue weighted by Crippen LogP contribution is -2.14. The maximum Gasteiger partial charge on any atom is 0.217 e. The van der Waals surface area contributed by atoms with Crippen LogP contribution in [0, 0.1) is 5.92 Å². The molecule has 0 saturated heterocycles. The van der Waals surface area contributed by atoms with Gasteiger partial charge < -0.3 is 5.73 Å². The largest absolute Gasteiger partial charge is 0.370 e. The Morgan fingerprint density at radius 2 is 1.92 bits per heavy atom. The average molecular weight is 216 g/mol. The molecule has 0 fully saturated rings. The molecule has 1 atom stereocenters. The number of rotatable bonds is 5. The molecule has 0 aromatic carbocycles. The summed E-state index contributed by atoms with van der Waals surface area (Å²) >= 11 is 0. The van der Waals surface area contributed by atoms with Crippen molar-refractivity contribution in [2.45, 2.75) is 39.5 Å². The molecule has 0 aliphatic carbocycles. The fraction of sp³-hybridized carbons (Fsp3) is 0.875. The van der Waals surface area contributed by atoms with Crippen molar-refractivity contribution < 1.29 is 4.79 Å². The van der Waals surface area contributed by atoms with E-state index in [1.165, 1.54) is 12.8 Å². The van der Waals surface area contributed by atoms with Crippen LogP contribution in [-0.4, -0.2) is 5.91 Å². The van der Waals surface area contributed by atoms with E-state index in [4.69, 9.17) is 5.73 Å². The van der Waals surface area contributed by atoms with Crippen LogP contribution in [-0.2, 0) is 4.79 Å². The molecule has 0 bridgehead atoms. The quantitative estimate of drug-likeness (QED) is 0.753. The molecule has 0 aliphatic heterocycles. The molecule has 0 rings (SSSR count). The zero-order valence-corrected chi connectivity index (χ0v) is 9.34. The first-order valence-electron chi connectivity index (χ1n) is 3.95. The third-order valence-electron chi connectivity index (χ3n) is 1.60. The Morgan fingerprint density at radius 1 is 1.42 bits per heavy atom. The molecule has 0 aliphatic rings. The number of amides is 1. The van der Waals surface area contributed by atoms with Crippen molar-refractivity contribution in [3.8, 4) is 0 Å². The van der Waals surface area contributed by atoms with Crippen LogP contribution in [0.15, 0.2) is 0 Å². The summed E-state index contributed by atoms with van der Waals surface area (Å²) in [6.45, 7) is 4.22. The number of halogens is 2. The van der Waals surface area contributed by atoms with Gasteiger partial charge in [-0.3, -0.25) is 4.79 Å². The topological polar surface area (TPSA) is 43.1 Å². The summed E-state index contributed by atoms with van der Waals surface area (Å²) in [5.41, 5.74) is 5.03. The van der Waals surface area contributed by atoms with E-state index in [9.17, 15) is 4.79 Å². The van der Waals surface area contributed by atoms with Gasteiger partial charge in [-0.05, 0) is 5.92 Å². The maximum atomic E-state index is 10.4. The normalized spacial score (nSPS) is 10.8. The molecule has 0 aromatic heterocycles. The van der Waals surface area contributed by atoms with Crippen molar-refractivity contribution >= 4 is 30.7 Å². The number of hydrogen-bond donors (Lipinski definition) is 1. The summed E-state index contributed by atoms with van der Waals surface area (Å²) in [5.74, 6) is 0.293. The van der Waals surface area contributed by atoms with Gasteiger partial charge in [-0.1, -0.05) is 33.1 Å². The van der Waals surface area contributed by atoms with Gasteiger partial charge in [0.2, 0.25) is 5.91 Å². The van der Waals surface area contributed by atoms with Gasteiger partial charge in [0, 0.05) is 6.42 Å². The summed E-state index contributed by atoms with van der Waals surface area (Å²) in [5, 5.41) is 0. The monoisotopic (exact) mass is 215 g/mol. The minimum Gasteiger partial charge on any atom is -0.370 e. The summed E-state index contributed by atoms with van der Waals surface area (Å²) in [7, 11) is 0. The van der Waals surface area contributed by atoms with Gasteiger partial charge in [-0.25, -0.2) is 0 Å². The molecule has 76 valence electrons. The molecule has 0 radical (unpaired) electrons. The van der Waals surface area contributed by atoms with Gasteiger partial charge >= 0.3 is 0 Å². The first-order chi connectivity index (χ1) is 4.66. The number of hydrogen-bond acceptors (Lipinski definition) is 1. The highest BCUT2D eigenvalue weighted by Crippen LogP contribution is 2.10. The minimum absolute atomic E-state index is 0. The molecule has 4 heteroatoms. The maximum absolute atomic E-state index is 10.4. The predicted octanol–water partition coefficient (Wildman–Crippen LogP) is 2.53. The molecule has 1 unspecified atom stereocenters. The number of primary amides is 1. The number of carbonyl (C=O) groups excluding carboxylic acids is 1. The Kier molecular flexibility index (Phi) is 16.5. The van der Waals surface area contributed by atoms with Crippen molar-refractivity contribution in [2.75, 3.05) is 0 Å². The molecular weight excluding hydrogens is 197 g/mol. The summed E-state index contributed by atoms with van der Waals surface area (Å²) < 4.78 is 0. The lowest BCUT2D eigenvalue weighted by atomic mass is 10.0. The highest BCUT2D eigenvalue weighted by atomic mass is 35.5. The van der Waals surface area contributed by atoms with Crippen LogP contribution in [0.2, 0.25) is 0 Å². The highest BCUT2D eigenvalue weighted by molar-refractivity contribution is 5.85. The van der Waals surface area contributed by atoms with Gasteiger partial charge in [0.15, 0.2) is 0 Å². The SMILES string of the molecule is CCCCC(C)CC(N)=O.Cl.Cl. The fourth-order valence-electron chi connectivity index (χ4n) is 0.998. The third kappa shape index (κ3) is 12.7. The zero-order chi connectivity index (χ0) is 7.98. The summed E-state index contributed by atoms with van der Waals surface area (Å²) in [4.78, 5) is 10.4. The molecule has 0 aromatic rings. The molecule has 0 heterocycles. The Hall–Kier alpha value is 0.0500. The molecule has 2 N–H and O–H groups in total. The van der Waals surface area contributed by atoms with Gasteiger partial charge in [-0.15, -0.1) is 24.8 Å². The van der Waals surface area contributed by atoms with E-state index in [0.29, 0.717) is 12.3 Å². The molecule has 0 spiro atoms. The Balaban J connectivity index is -0.000000405. The third-order valence-corrected chi connectivity index (χ3v) is 1.60. The van der Waals surface area contributed by atoms with Crippen LogP contribution >= 0.6 is 24.8 Å². The van der Waals surface area contributed by atoms with Gasteiger partial charge in [0.25, 0.3) is 0 Å². The summed E-state index contributed by atoms with van der Waals surface area (Å²) in [6, 6.07) is 0. The highest BCUT2D eigenvalue weighted by Gasteiger charge is 2.03. The van der Waals surface area contributed by atoms with E-state index in [1.54, 1.807) is 0 Å². The van der Waals surface area contributed by atoms with Crippen molar-refractivity contribution in [3.05, 3.63) is 0 Å². The molecule has 1 amide bonds. The van der Waals surface area contributed by atoms with Crippen LogP contribution in [0.1, 0.15) is 39.5 Å². The lowest BCUT2D eigenvalue weighted by Gasteiger charge is -2.06. The van der Waals surface area contributed by atoms with E-state index in [2.05, 4.69) is 13.8 Å². The van der Waals surface area contributed by atoms with E-state index < -0.39 is 0 Å². The molecular formula is C8H19Cl2NO. The van der Waals surface area contributed by atoms with Crippen molar-refractivity contribution in [2.24, 2.45) is 11.7 Å². The minimum atomic E-state index is -0.177. The van der Waals surface area contributed by atoms with Crippen molar-refractivity contribution in [1.82, 2.24) is 0 Å². The Labute approximate surface area is 87.1 Å². The van der Waals surface area contributed by atoms with E-state index in [-0.39, 0.29) is 30.7 Å². The first kappa shape index (κ1) is 18.0. The lowest BCUT2D eigenvalue weighted by molar-refractivity contribution is -0.118. The average Bonchev–Trinajstić information content (AvgIpc) is 1.82. The number of nitrogens with two attached hydrogens (primary N) is 1. The second-order valence-electron chi connectivity index (χ2n) is 2.92. The van der Waals surface area contributed by atoms with Crippen molar-refractivity contribution in [3.63, 3.8) is 0 Å². The van der Waals surface area contributed by atoms with E-state index in [0.717, 1.165) is 6.42 Å². The van der Waals surface area contributed by atoms with Gasteiger partial charge in [0.05, 0.1) is 0 Å². The zero-order valence-electron chi connectivity index (χ0n) is 7.71. The van der Waals surface area contributed by atoms with E-state index >= 15 is 0 Å².